The topological polar surface area (TPSA) is 66.4 Å². The number of nitrogens with one attached hydrogen (secondary N) is 1. The van der Waals surface area contributed by atoms with E-state index in [-0.39, 0.29) is 29.9 Å². The van der Waals surface area contributed by atoms with Gasteiger partial charge in [-0.1, -0.05) is 15.9 Å². The van der Waals surface area contributed by atoms with E-state index in [1.165, 1.54) is 0 Å². The van der Waals surface area contributed by atoms with Gasteiger partial charge in [0.25, 0.3) is 5.92 Å². The van der Waals surface area contributed by atoms with E-state index in [9.17, 15) is 18.4 Å². The molecule has 0 aliphatic heterocycles. The minimum atomic E-state index is -2.60. The number of fused-ring (bicyclic) bond motifs is 1. The first-order chi connectivity index (χ1) is 7.87. The summed E-state index contributed by atoms with van der Waals surface area (Å²) in [7, 11) is 0. The van der Waals surface area contributed by atoms with Gasteiger partial charge in [0.1, 0.15) is 0 Å². The maximum Gasteiger partial charge on any atom is 0.405 e. The number of ketones is 1. The predicted molar refractivity (Wildman–Crippen MR) is 58.4 cm³/mol. The quantitative estimate of drug-likeness (QED) is 0.779. The Bertz CT molecular complexity index is 349. The van der Waals surface area contributed by atoms with E-state index in [2.05, 4.69) is 21.2 Å². The smallest absolute Gasteiger partial charge is 0.405 e. The second-order valence-corrected chi connectivity index (χ2v) is 5.21. The number of carbonyl (C=O) groups is 2. The van der Waals surface area contributed by atoms with Gasteiger partial charge in [0, 0.05) is 11.8 Å². The summed E-state index contributed by atoms with van der Waals surface area (Å²) < 4.78 is 26.0. The van der Waals surface area contributed by atoms with Crippen LogP contribution in [0.4, 0.5) is 13.6 Å². The van der Waals surface area contributed by atoms with Gasteiger partial charge in [-0.3, -0.25) is 4.79 Å². The van der Waals surface area contributed by atoms with Crippen LogP contribution in [0.5, 0.6) is 0 Å². The molecule has 0 spiro atoms. The van der Waals surface area contributed by atoms with E-state index in [1.807, 2.05) is 0 Å². The van der Waals surface area contributed by atoms with Crippen molar-refractivity contribution in [3.05, 3.63) is 0 Å². The average Bonchev–Trinajstić information content (AvgIpc) is 2.69. The van der Waals surface area contributed by atoms with Crippen molar-refractivity contribution in [2.75, 3.05) is 5.33 Å². The SMILES string of the molecule is O=C(O)NC(C(=O)CBr)C1CC2C(C1)C2(F)F. The molecule has 0 bridgehead atoms. The van der Waals surface area contributed by atoms with E-state index in [1.54, 1.807) is 0 Å². The molecule has 17 heavy (non-hydrogen) atoms. The normalized spacial score (nSPS) is 34.9. The number of halogens is 3. The maximum absolute atomic E-state index is 13.0. The third-order valence-electron chi connectivity index (χ3n) is 3.71. The van der Waals surface area contributed by atoms with Gasteiger partial charge < -0.3 is 10.4 Å². The van der Waals surface area contributed by atoms with Crippen molar-refractivity contribution in [2.45, 2.75) is 24.8 Å². The molecule has 2 aliphatic rings. The Labute approximate surface area is 105 Å². The van der Waals surface area contributed by atoms with E-state index < -0.39 is 29.9 Å². The first kappa shape index (κ1) is 12.7. The van der Waals surface area contributed by atoms with Crippen LogP contribution in [-0.4, -0.2) is 34.3 Å². The van der Waals surface area contributed by atoms with Gasteiger partial charge in [-0.05, 0) is 18.8 Å². The minimum absolute atomic E-state index is 0.0279. The lowest BCUT2D eigenvalue weighted by Crippen LogP contribution is -2.46. The van der Waals surface area contributed by atoms with Crippen LogP contribution in [0.25, 0.3) is 0 Å². The molecule has 2 fully saturated rings. The Morgan fingerprint density at radius 2 is 1.94 bits per heavy atom. The Balaban J connectivity index is 1.99. The molecular weight excluding hydrogens is 300 g/mol. The third-order valence-corrected chi connectivity index (χ3v) is 4.26. The molecule has 0 heterocycles. The number of carboxylic acid groups (broad SMARTS) is 1. The van der Waals surface area contributed by atoms with E-state index in [4.69, 9.17) is 5.11 Å². The van der Waals surface area contributed by atoms with Gasteiger partial charge in [-0.25, -0.2) is 13.6 Å². The number of alkyl halides is 3. The van der Waals surface area contributed by atoms with Crippen LogP contribution in [0.1, 0.15) is 12.8 Å². The zero-order valence-electron chi connectivity index (χ0n) is 8.83. The summed E-state index contributed by atoms with van der Waals surface area (Å²) in [5, 5.41) is 10.8. The van der Waals surface area contributed by atoms with Crippen LogP contribution in [0.2, 0.25) is 0 Å². The first-order valence-electron chi connectivity index (χ1n) is 5.33. The zero-order chi connectivity index (χ0) is 12.8. The highest BCUT2D eigenvalue weighted by molar-refractivity contribution is 9.09. The van der Waals surface area contributed by atoms with Gasteiger partial charge in [-0.2, -0.15) is 0 Å². The Kier molecular flexibility index (Phi) is 3.14. The molecule has 2 N–H and O–H groups in total. The Hall–Kier alpha value is -0.720. The van der Waals surface area contributed by atoms with Crippen molar-refractivity contribution >= 4 is 27.8 Å². The highest BCUT2D eigenvalue weighted by Crippen LogP contribution is 2.66. The minimum Gasteiger partial charge on any atom is -0.465 e. The van der Waals surface area contributed by atoms with Crippen molar-refractivity contribution < 1.29 is 23.5 Å². The standard InChI is InChI=1S/C10H12BrF2NO3/c11-3-7(15)8(14-9(16)17)4-1-5-6(2-4)10(5,12)13/h4-6,8,14H,1-3H2,(H,16,17). The molecule has 2 saturated carbocycles. The summed E-state index contributed by atoms with van der Waals surface area (Å²) in [4.78, 5) is 22.1. The second kappa shape index (κ2) is 4.19. The summed E-state index contributed by atoms with van der Waals surface area (Å²) in [5.41, 5.74) is 0. The second-order valence-electron chi connectivity index (χ2n) is 4.65. The largest absolute Gasteiger partial charge is 0.465 e. The van der Waals surface area contributed by atoms with E-state index >= 15 is 0 Å². The summed E-state index contributed by atoms with van der Waals surface area (Å²) in [6.45, 7) is 0. The van der Waals surface area contributed by atoms with Gasteiger partial charge in [-0.15, -0.1) is 0 Å². The van der Waals surface area contributed by atoms with Crippen LogP contribution in [0.15, 0.2) is 0 Å². The first-order valence-corrected chi connectivity index (χ1v) is 6.46. The van der Waals surface area contributed by atoms with E-state index in [0.29, 0.717) is 0 Å². The molecule has 0 aromatic carbocycles. The molecule has 2 aliphatic carbocycles. The van der Waals surface area contributed by atoms with Crippen LogP contribution >= 0.6 is 15.9 Å². The van der Waals surface area contributed by atoms with Gasteiger partial charge >= 0.3 is 6.09 Å². The highest BCUT2D eigenvalue weighted by atomic mass is 79.9. The van der Waals surface area contributed by atoms with Crippen molar-refractivity contribution in [2.24, 2.45) is 17.8 Å². The molecule has 2 rings (SSSR count). The summed E-state index contributed by atoms with van der Waals surface area (Å²) in [6.07, 6.45) is -0.848. The summed E-state index contributed by atoms with van der Waals surface area (Å²) in [5.74, 6) is -4.52. The molecule has 0 aromatic heterocycles. The van der Waals surface area contributed by atoms with Gasteiger partial charge in [0.15, 0.2) is 5.78 Å². The number of carbonyl (C=O) groups excluding carboxylic acids is 1. The van der Waals surface area contributed by atoms with Crippen LogP contribution < -0.4 is 5.32 Å². The zero-order valence-corrected chi connectivity index (χ0v) is 10.4. The number of Topliss-reactive ketones (excluding diaryl/α,β-unsaturated/α-hetero) is 1. The average molecular weight is 312 g/mol. The summed E-state index contributed by atoms with van der Waals surface area (Å²) in [6, 6.07) is -0.865. The predicted octanol–water partition coefficient (Wildman–Crippen LogP) is 1.88. The molecule has 4 nitrogen and oxygen atoms in total. The lowest BCUT2D eigenvalue weighted by Gasteiger charge is -2.23. The Morgan fingerprint density at radius 3 is 2.35 bits per heavy atom. The van der Waals surface area contributed by atoms with Crippen LogP contribution in [0.3, 0.4) is 0 Å². The molecular formula is C10H12BrF2NO3. The molecule has 3 atom stereocenters. The molecule has 96 valence electrons. The lowest BCUT2D eigenvalue weighted by atomic mass is 9.91. The molecule has 3 unspecified atom stereocenters. The van der Waals surface area contributed by atoms with Crippen LogP contribution in [0, 0.1) is 17.8 Å². The number of hydrogen-bond acceptors (Lipinski definition) is 2. The molecule has 0 aromatic rings. The lowest BCUT2D eigenvalue weighted by molar-refractivity contribution is -0.119. The fourth-order valence-corrected chi connectivity index (χ4v) is 3.15. The fourth-order valence-electron chi connectivity index (χ4n) is 2.80. The number of rotatable bonds is 4. The molecule has 0 radical (unpaired) electrons. The van der Waals surface area contributed by atoms with E-state index in [0.717, 1.165) is 0 Å². The fraction of sp³-hybridized carbons (Fsp3) is 0.800. The van der Waals surface area contributed by atoms with Crippen molar-refractivity contribution in [1.82, 2.24) is 5.32 Å². The van der Waals surface area contributed by atoms with Crippen molar-refractivity contribution in [1.29, 1.82) is 0 Å². The van der Waals surface area contributed by atoms with Gasteiger partial charge in [0.05, 0.1) is 11.4 Å². The number of hydrogen-bond donors (Lipinski definition) is 2. The summed E-state index contributed by atoms with van der Waals surface area (Å²) >= 11 is 2.97. The third kappa shape index (κ3) is 2.17. The highest BCUT2D eigenvalue weighted by Gasteiger charge is 2.72. The monoisotopic (exact) mass is 311 g/mol. The molecule has 1 amide bonds. The molecule has 0 saturated heterocycles. The van der Waals surface area contributed by atoms with Crippen LogP contribution in [-0.2, 0) is 4.79 Å². The Morgan fingerprint density at radius 1 is 1.41 bits per heavy atom. The van der Waals surface area contributed by atoms with Crippen molar-refractivity contribution in [3.8, 4) is 0 Å². The maximum atomic E-state index is 13.0. The molecule has 7 heteroatoms. The number of amides is 1. The van der Waals surface area contributed by atoms with Crippen molar-refractivity contribution in [3.63, 3.8) is 0 Å². The van der Waals surface area contributed by atoms with Gasteiger partial charge in [0.2, 0.25) is 0 Å².